The van der Waals surface area contributed by atoms with Crippen LogP contribution in [0.2, 0.25) is 0 Å². The highest BCUT2D eigenvalue weighted by Crippen LogP contribution is 2.16. The average Bonchev–Trinajstić information content (AvgIpc) is 2.46. The maximum absolute atomic E-state index is 13.0. The van der Waals surface area contributed by atoms with Crippen molar-refractivity contribution < 1.29 is 4.39 Å². The minimum absolute atomic E-state index is 0.200. The Kier molecular flexibility index (Phi) is 5.34. The summed E-state index contributed by atoms with van der Waals surface area (Å²) in [6.45, 7) is 5.98. The van der Waals surface area contributed by atoms with Gasteiger partial charge in [-0.2, -0.15) is 0 Å². The Bertz CT molecular complexity index is 564. The van der Waals surface area contributed by atoms with Crippen LogP contribution in [0.25, 0.3) is 0 Å². The summed E-state index contributed by atoms with van der Waals surface area (Å²) in [5.74, 6) is -0.200. The lowest BCUT2D eigenvalue weighted by Crippen LogP contribution is -2.22. The molecule has 0 saturated carbocycles. The molecule has 0 aliphatic carbocycles. The number of nitrogens with one attached hydrogen (secondary N) is 1. The average molecular weight is 286 g/mol. The molecule has 1 N–H and O–H groups in total. The first-order valence-corrected chi connectivity index (χ1v) is 7.32. The molecular weight excluding hydrogens is 263 g/mol. The van der Waals surface area contributed by atoms with Crippen molar-refractivity contribution >= 4 is 5.69 Å². The van der Waals surface area contributed by atoms with E-state index in [0.29, 0.717) is 6.04 Å². The van der Waals surface area contributed by atoms with E-state index in [1.807, 2.05) is 7.05 Å². The number of hydrogen-bond donors (Lipinski definition) is 1. The fourth-order valence-electron chi connectivity index (χ4n) is 2.22. The monoisotopic (exact) mass is 286 g/mol. The second-order valence-corrected chi connectivity index (χ2v) is 5.69. The zero-order valence-corrected chi connectivity index (χ0v) is 12.9. The van der Waals surface area contributed by atoms with Gasteiger partial charge < -0.3 is 10.2 Å². The third-order valence-electron chi connectivity index (χ3n) is 3.39. The third-order valence-corrected chi connectivity index (χ3v) is 3.39. The Morgan fingerprint density at radius 1 is 1.05 bits per heavy atom. The van der Waals surface area contributed by atoms with E-state index in [9.17, 15) is 4.39 Å². The summed E-state index contributed by atoms with van der Waals surface area (Å²) in [6.07, 6.45) is 0. The number of halogens is 1. The molecule has 112 valence electrons. The van der Waals surface area contributed by atoms with Crippen LogP contribution in [0.15, 0.2) is 48.5 Å². The van der Waals surface area contributed by atoms with Gasteiger partial charge in [0, 0.05) is 31.9 Å². The molecule has 0 unspecified atom stereocenters. The van der Waals surface area contributed by atoms with E-state index in [4.69, 9.17) is 0 Å². The maximum atomic E-state index is 13.0. The van der Waals surface area contributed by atoms with Gasteiger partial charge in [-0.15, -0.1) is 0 Å². The molecule has 0 bridgehead atoms. The van der Waals surface area contributed by atoms with Crippen LogP contribution in [0.3, 0.4) is 0 Å². The van der Waals surface area contributed by atoms with E-state index >= 15 is 0 Å². The van der Waals surface area contributed by atoms with E-state index < -0.39 is 0 Å². The minimum atomic E-state index is -0.200. The van der Waals surface area contributed by atoms with Crippen molar-refractivity contribution in [1.82, 2.24) is 5.32 Å². The fraction of sp³-hybridized carbons (Fsp3) is 0.333. The lowest BCUT2D eigenvalue weighted by Gasteiger charge is -2.20. The lowest BCUT2D eigenvalue weighted by atomic mass is 10.1. The summed E-state index contributed by atoms with van der Waals surface area (Å²) in [4.78, 5) is 2.12. The van der Waals surface area contributed by atoms with Gasteiger partial charge >= 0.3 is 0 Å². The molecule has 0 aliphatic heterocycles. The maximum Gasteiger partial charge on any atom is 0.123 e. The van der Waals surface area contributed by atoms with Gasteiger partial charge in [-0.3, -0.25) is 0 Å². The molecule has 2 nitrogen and oxygen atoms in total. The number of nitrogens with zero attached hydrogens (tertiary/aromatic N) is 1. The van der Waals surface area contributed by atoms with Crippen LogP contribution in [-0.2, 0) is 13.1 Å². The first kappa shape index (κ1) is 15.5. The summed E-state index contributed by atoms with van der Waals surface area (Å²) in [7, 11) is 2.02. The Hall–Kier alpha value is -1.87. The van der Waals surface area contributed by atoms with E-state index in [0.717, 1.165) is 18.8 Å². The van der Waals surface area contributed by atoms with Crippen molar-refractivity contribution in [3.63, 3.8) is 0 Å². The molecular formula is C18H23FN2. The molecule has 2 aromatic carbocycles. The highest BCUT2D eigenvalue weighted by Gasteiger charge is 2.04. The molecule has 0 aliphatic rings. The van der Waals surface area contributed by atoms with Crippen molar-refractivity contribution in [2.45, 2.75) is 33.0 Å². The van der Waals surface area contributed by atoms with Crippen LogP contribution < -0.4 is 10.2 Å². The number of anilines is 1. The van der Waals surface area contributed by atoms with Crippen LogP contribution in [0.5, 0.6) is 0 Å². The van der Waals surface area contributed by atoms with E-state index in [1.165, 1.54) is 23.3 Å². The van der Waals surface area contributed by atoms with Crippen LogP contribution >= 0.6 is 0 Å². The van der Waals surface area contributed by atoms with E-state index in [1.54, 1.807) is 12.1 Å². The van der Waals surface area contributed by atoms with Crippen molar-refractivity contribution in [3.8, 4) is 0 Å². The highest BCUT2D eigenvalue weighted by molar-refractivity contribution is 5.46. The number of hydrogen-bond acceptors (Lipinski definition) is 2. The largest absolute Gasteiger partial charge is 0.370 e. The zero-order valence-electron chi connectivity index (χ0n) is 12.9. The van der Waals surface area contributed by atoms with Gasteiger partial charge in [0.25, 0.3) is 0 Å². The van der Waals surface area contributed by atoms with Crippen molar-refractivity contribution in [3.05, 3.63) is 65.5 Å². The van der Waals surface area contributed by atoms with Crippen molar-refractivity contribution in [2.75, 3.05) is 11.9 Å². The zero-order chi connectivity index (χ0) is 15.2. The van der Waals surface area contributed by atoms with Crippen LogP contribution in [-0.4, -0.2) is 13.1 Å². The predicted octanol–water partition coefficient (Wildman–Crippen LogP) is 3.96. The Morgan fingerprint density at radius 3 is 2.38 bits per heavy atom. The standard InChI is InChI=1S/C18H23FN2/c1-14(2)20-12-15-5-4-6-16(11-15)13-21(3)18-9-7-17(19)8-10-18/h4-11,14,20H,12-13H2,1-3H3. The Labute approximate surface area is 126 Å². The van der Waals surface area contributed by atoms with Gasteiger partial charge in [-0.05, 0) is 35.4 Å². The lowest BCUT2D eigenvalue weighted by molar-refractivity contribution is 0.588. The fourth-order valence-corrected chi connectivity index (χ4v) is 2.22. The smallest absolute Gasteiger partial charge is 0.123 e. The van der Waals surface area contributed by atoms with Gasteiger partial charge in [0.2, 0.25) is 0 Å². The molecule has 2 aromatic rings. The summed E-state index contributed by atoms with van der Waals surface area (Å²) < 4.78 is 13.0. The first-order valence-electron chi connectivity index (χ1n) is 7.32. The topological polar surface area (TPSA) is 15.3 Å². The first-order chi connectivity index (χ1) is 10.0. The molecule has 0 radical (unpaired) electrons. The summed E-state index contributed by atoms with van der Waals surface area (Å²) in [5.41, 5.74) is 3.56. The molecule has 3 heteroatoms. The van der Waals surface area contributed by atoms with Crippen molar-refractivity contribution in [2.24, 2.45) is 0 Å². The quantitative estimate of drug-likeness (QED) is 0.864. The SMILES string of the molecule is CC(C)NCc1cccc(CN(C)c2ccc(F)cc2)c1. The van der Waals surface area contributed by atoms with Crippen molar-refractivity contribution in [1.29, 1.82) is 0 Å². The molecule has 0 heterocycles. The molecule has 0 atom stereocenters. The van der Waals surface area contributed by atoms with Gasteiger partial charge in [-0.1, -0.05) is 38.1 Å². The third kappa shape index (κ3) is 4.87. The molecule has 0 fully saturated rings. The number of rotatable bonds is 6. The summed E-state index contributed by atoms with van der Waals surface area (Å²) in [5, 5.41) is 3.42. The molecule has 0 aromatic heterocycles. The second kappa shape index (κ2) is 7.23. The summed E-state index contributed by atoms with van der Waals surface area (Å²) in [6, 6.07) is 15.6. The molecule has 0 spiro atoms. The summed E-state index contributed by atoms with van der Waals surface area (Å²) >= 11 is 0. The Morgan fingerprint density at radius 2 is 1.71 bits per heavy atom. The molecule has 2 rings (SSSR count). The molecule has 21 heavy (non-hydrogen) atoms. The van der Waals surface area contributed by atoms with E-state index in [2.05, 4.69) is 48.3 Å². The minimum Gasteiger partial charge on any atom is -0.370 e. The number of benzene rings is 2. The van der Waals surface area contributed by atoms with Gasteiger partial charge in [0.15, 0.2) is 0 Å². The van der Waals surface area contributed by atoms with Gasteiger partial charge in [0.1, 0.15) is 5.82 Å². The van der Waals surface area contributed by atoms with Gasteiger partial charge in [-0.25, -0.2) is 4.39 Å². The highest BCUT2D eigenvalue weighted by atomic mass is 19.1. The Balaban J connectivity index is 2.01. The predicted molar refractivity (Wildman–Crippen MR) is 86.9 cm³/mol. The van der Waals surface area contributed by atoms with Crippen LogP contribution in [0, 0.1) is 5.82 Å². The van der Waals surface area contributed by atoms with Crippen LogP contribution in [0.1, 0.15) is 25.0 Å². The second-order valence-electron chi connectivity index (χ2n) is 5.69. The molecule has 0 amide bonds. The van der Waals surface area contributed by atoms with E-state index in [-0.39, 0.29) is 5.82 Å². The normalized spacial score (nSPS) is 10.9. The van der Waals surface area contributed by atoms with Crippen LogP contribution in [0.4, 0.5) is 10.1 Å². The molecule has 0 saturated heterocycles. The van der Waals surface area contributed by atoms with Gasteiger partial charge in [0.05, 0.1) is 0 Å².